The van der Waals surface area contributed by atoms with Gasteiger partial charge in [0.25, 0.3) is 5.91 Å². The summed E-state index contributed by atoms with van der Waals surface area (Å²) in [6.07, 6.45) is 5.19. The minimum atomic E-state index is -0.183. The second kappa shape index (κ2) is 5.71. The van der Waals surface area contributed by atoms with Crippen LogP contribution in [0.15, 0.2) is 53.5 Å². The molecular weight excluding hydrogens is 302 g/mol. The number of fused-ring (bicyclic) bond motifs is 1. The van der Waals surface area contributed by atoms with Crippen molar-refractivity contribution in [2.75, 3.05) is 0 Å². The zero-order valence-corrected chi connectivity index (χ0v) is 12.5. The number of allylic oxidation sites excluding steroid dienone is 2. The maximum atomic E-state index is 11.5. The smallest absolute Gasteiger partial charge is 0.263 e. The Bertz CT molecular complexity index is 809. The van der Waals surface area contributed by atoms with Crippen LogP contribution < -0.4 is 5.32 Å². The molecule has 0 atom stereocenters. The third-order valence-corrected chi connectivity index (χ3v) is 4.28. The Morgan fingerprint density at radius 2 is 2.00 bits per heavy atom. The van der Waals surface area contributed by atoms with Gasteiger partial charge >= 0.3 is 0 Å². The van der Waals surface area contributed by atoms with Crippen LogP contribution in [0.5, 0.6) is 5.75 Å². The highest BCUT2D eigenvalue weighted by atomic mass is 32.2. The molecule has 1 amide bonds. The number of phenolic OH excluding ortho intramolecular Hbond substituents is 1. The van der Waals surface area contributed by atoms with Gasteiger partial charge in [0, 0.05) is 10.9 Å². The molecule has 0 aliphatic carbocycles. The summed E-state index contributed by atoms with van der Waals surface area (Å²) in [7, 11) is 0. The Balaban J connectivity index is 1.90. The van der Waals surface area contributed by atoms with E-state index in [4.69, 9.17) is 12.2 Å². The number of hydrogen-bond acceptors (Lipinski definition) is 4. The van der Waals surface area contributed by atoms with Crippen LogP contribution in [0.2, 0.25) is 0 Å². The number of thiocarbonyl (C=S) groups is 1. The summed E-state index contributed by atoms with van der Waals surface area (Å²) in [4.78, 5) is 12.1. The number of hydrogen-bond donors (Lipinski definition) is 2. The van der Waals surface area contributed by atoms with Crippen LogP contribution in [0, 0.1) is 0 Å². The maximum absolute atomic E-state index is 11.5. The molecule has 1 aliphatic rings. The second-order valence-corrected chi connectivity index (χ2v) is 6.18. The van der Waals surface area contributed by atoms with E-state index in [0.717, 1.165) is 10.8 Å². The van der Waals surface area contributed by atoms with Crippen molar-refractivity contribution in [1.82, 2.24) is 5.32 Å². The van der Waals surface area contributed by atoms with Gasteiger partial charge < -0.3 is 10.4 Å². The number of carbonyl (C=O) groups excluding carboxylic acids is 1. The zero-order chi connectivity index (χ0) is 14.8. The molecule has 0 unspecified atom stereocenters. The average Bonchev–Trinajstić information content (AvgIpc) is 2.80. The number of carbonyl (C=O) groups is 1. The first-order valence-corrected chi connectivity index (χ1v) is 7.50. The minimum absolute atomic E-state index is 0.183. The number of thioether (sulfide) groups is 1. The maximum Gasteiger partial charge on any atom is 0.263 e. The van der Waals surface area contributed by atoms with Crippen molar-refractivity contribution in [3.8, 4) is 5.75 Å². The molecule has 5 heteroatoms. The van der Waals surface area contributed by atoms with Gasteiger partial charge in [-0.15, -0.1) is 0 Å². The van der Waals surface area contributed by atoms with Crippen molar-refractivity contribution in [3.63, 3.8) is 0 Å². The van der Waals surface area contributed by atoms with Crippen molar-refractivity contribution < 1.29 is 9.90 Å². The average molecular weight is 313 g/mol. The van der Waals surface area contributed by atoms with Crippen LogP contribution in [0.4, 0.5) is 0 Å². The predicted octanol–water partition coefficient (Wildman–Crippen LogP) is 3.59. The van der Waals surface area contributed by atoms with Gasteiger partial charge in [-0.1, -0.05) is 72.5 Å². The van der Waals surface area contributed by atoms with Gasteiger partial charge in [0.15, 0.2) is 0 Å². The van der Waals surface area contributed by atoms with E-state index in [-0.39, 0.29) is 11.7 Å². The molecule has 1 saturated heterocycles. The number of aromatic hydroxyl groups is 1. The molecule has 2 N–H and O–H groups in total. The lowest BCUT2D eigenvalue weighted by atomic mass is 10.1. The third-order valence-electron chi connectivity index (χ3n) is 3.10. The number of amides is 1. The molecule has 2 aromatic rings. The fourth-order valence-electron chi connectivity index (χ4n) is 2.08. The Morgan fingerprint density at radius 1 is 1.19 bits per heavy atom. The molecule has 0 aromatic heterocycles. The zero-order valence-electron chi connectivity index (χ0n) is 10.9. The van der Waals surface area contributed by atoms with Gasteiger partial charge in [-0.25, -0.2) is 0 Å². The van der Waals surface area contributed by atoms with Gasteiger partial charge in [-0.05, 0) is 11.5 Å². The van der Waals surface area contributed by atoms with E-state index in [0.29, 0.717) is 14.8 Å². The molecule has 3 rings (SSSR count). The van der Waals surface area contributed by atoms with E-state index >= 15 is 0 Å². The third kappa shape index (κ3) is 2.84. The lowest BCUT2D eigenvalue weighted by Crippen LogP contribution is -2.17. The lowest BCUT2D eigenvalue weighted by Gasteiger charge is -2.03. The molecule has 0 spiro atoms. The van der Waals surface area contributed by atoms with E-state index in [1.807, 2.05) is 36.4 Å². The molecule has 3 nitrogen and oxygen atoms in total. The van der Waals surface area contributed by atoms with E-state index in [9.17, 15) is 9.90 Å². The SMILES string of the molecule is O=C1NC(=S)SC1=CC=Cc1ccc2ccccc2c1O. The number of phenols is 1. The number of benzene rings is 2. The van der Waals surface area contributed by atoms with Crippen molar-refractivity contribution in [2.45, 2.75) is 0 Å². The van der Waals surface area contributed by atoms with Gasteiger partial charge in [0.2, 0.25) is 0 Å². The molecule has 1 aliphatic heterocycles. The van der Waals surface area contributed by atoms with Gasteiger partial charge in [-0.2, -0.15) is 0 Å². The van der Waals surface area contributed by atoms with Crippen LogP contribution >= 0.6 is 24.0 Å². The Kier molecular flexibility index (Phi) is 3.77. The first kappa shape index (κ1) is 13.9. The summed E-state index contributed by atoms with van der Waals surface area (Å²) in [5, 5.41) is 14.6. The first-order chi connectivity index (χ1) is 10.1. The van der Waals surface area contributed by atoms with Gasteiger partial charge in [0.1, 0.15) is 10.1 Å². The monoisotopic (exact) mass is 313 g/mol. The standard InChI is InChI=1S/C16H11NO2S2/c18-14-11(9-8-10-4-1-2-6-12(10)14)5-3-7-13-15(19)17-16(20)21-13/h1-9,18H,(H,17,19,20). The first-order valence-electron chi connectivity index (χ1n) is 6.27. The topological polar surface area (TPSA) is 49.3 Å². The summed E-state index contributed by atoms with van der Waals surface area (Å²) in [6.45, 7) is 0. The molecule has 21 heavy (non-hydrogen) atoms. The van der Waals surface area contributed by atoms with Crippen LogP contribution in [-0.2, 0) is 4.79 Å². The van der Waals surface area contributed by atoms with Crippen LogP contribution in [-0.4, -0.2) is 15.3 Å². The molecule has 0 bridgehead atoms. The highest BCUT2D eigenvalue weighted by Gasteiger charge is 2.20. The van der Waals surface area contributed by atoms with E-state index < -0.39 is 0 Å². The van der Waals surface area contributed by atoms with Crippen molar-refractivity contribution in [1.29, 1.82) is 0 Å². The van der Waals surface area contributed by atoms with Crippen molar-refractivity contribution in [2.24, 2.45) is 0 Å². The molecule has 2 aromatic carbocycles. The summed E-state index contributed by atoms with van der Waals surface area (Å²) in [5.41, 5.74) is 0.705. The lowest BCUT2D eigenvalue weighted by molar-refractivity contribution is -0.115. The largest absolute Gasteiger partial charge is 0.507 e. The summed E-state index contributed by atoms with van der Waals surface area (Å²) < 4.78 is 0.466. The quantitative estimate of drug-likeness (QED) is 0.657. The van der Waals surface area contributed by atoms with Crippen LogP contribution in [0.1, 0.15) is 5.56 Å². The van der Waals surface area contributed by atoms with Crippen molar-refractivity contribution in [3.05, 3.63) is 59.0 Å². The molecule has 0 saturated carbocycles. The summed E-state index contributed by atoms with van der Waals surface area (Å²) in [5.74, 6) is 0.0548. The Morgan fingerprint density at radius 3 is 2.76 bits per heavy atom. The normalized spacial score (nSPS) is 17.0. The molecule has 104 valence electrons. The molecule has 1 heterocycles. The Labute approximate surface area is 131 Å². The number of nitrogens with one attached hydrogen (secondary N) is 1. The Hall–Kier alpha value is -2.11. The van der Waals surface area contributed by atoms with E-state index in [1.165, 1.54) is 11.8 Å². The van der Waals surface area contributed by atoms with Crippen molar-refractivity contribution >= 4 is 51.1 Å². The number of rotatable bonds is 2. The van der Waals surface area contributed by atoms with Gasteiger partial charge in [0.05, 0.1) is 4.91 Å². The second-order valence-electron chi connectivity index (χ2n) is 4.46. The van der Waals surface area contributed by atoms with E-state index in [1.54, 1.807) is 18.2 Å². The fourth-order valence-corrected chi connectivity index (χ4v) is 3.08. The van der Waals surface area contributed by atoms with E-state index in [2.05, 4.69) is 5.32 Å². The van der Waals surface area contributed by atoms with Crippen LogP contribution in [0.3, 0.4) is 0 Å². The van der Waals surface area contributed by atoms with Gasteiger partial charge in [-0.3, -0.25) is 4.79 Å². The summed E-state index contributed by atoms with van der Waals surface area (Å²) >= 11 is 6.15. The van der Waals surface area contributed by atoms with Crippen LogP contribution in [0.25, 0.3) is 16.8 Å². The molecule has 0 radical (unpaired) electrons. The molecular formula is C16H11NO2S2. The molecule has 1 fully saturated rings. The fraction of sp³-hybridized carbons (Fsp3) is 0. The predicted molar refractivity (Wildman–Crippen MR) is 91.1 cm³/mol. The minimum Gasteiger partial charge on any atom is -0.507 e. The highest BCUT2D eigenvalue weighted by molar-refractivity contribution is 8.26. The highest BCUT2D eigenvalue weighted by Crippen LogP contribution is 2.29. The summed E-state index contributed by atoms with van der Waals surface area (Å²) in [6, 6.07) is 11.4.